The summed E-state index contributed by atoms with van der Waals surface area (Å²) in [5.41, 5.74) is 2.79. The van der Waals surface area contributed by atoms with Gasteiger partial charge in [0, 0.05) is 6.54 Å². The van der Waals surface area contributed by atoms with E-state index in [-0.39, 0.29) is 17.3 Å². The van der Waals surface area contributed by atoms with Crippen LogP contribution in [0.15, 0.2) is 41.3 Å². The van der Waals surface area contributed by atoms with Gasteiger partial charge in [-0.15, -0.1) is 0 Å². The Labute approximate surface area is 180 Å². The summed E-state index contributed by atoms with van der Waals surface area (Å²) in [6.07, 6.45) is 1.07. The minimum atomic E-state index is -3.89. The number of aryl methyl sites for hydroxylation is 1. The lowest BCUT2D eigenvalue weighted by atomic mass is 10.2. The quantitative estimate of drug-likeness (QED) is 0.501. The first-order chi connectivity index (χ1) is 14.4. The van der Waals surface area contributed by atoms with E-state index in [9.17, 15) is 13.2 Å². The maximum Gasteiger partial charge on any atom is 0.246 e. The Morgan fingerprint density at radius 2 is 2.07 bits per heavy atom. The first kappa shape index (κ1) is 19.5. The minimum Gasteiger partial charge on any atom is -0.301 e. The van der Waals surface area contributed by atoms with Gasteiger partial charge in [-0.05, 0) is 49.6 Å². The molecule has 1 saturated heterocycles. The van der Waals surface area contributed by atoms with E-state index in [0.717, 1.165) is 27.5 Å². The molecule has 11 heteroatoms. The van der Waals surface area contributed by atoms with Crippen LogP contribution in [-0.4, -0.2) is 44.9 Å². The number of nitrogens with zero attached hydrogens (tertiary/aromatic N) is 4. The number of anilines is 1. The predicted octanol–water partition coefficient (Wildman–Crippen LogP) is 3.40. The Hall–Kier alpha value is -2.47. The van der Waals surface area contributed by atoms with Crippen LogP contribution in [0.25, 0.3) is 21.3 Å². The molecule has 1 amide bonds. The Bertz CT molecular complexity index is 1380. The van der Waals surface area contributed by atoms with Gasteiger partial charge in [0.2, 0.25) is 15.9 Å². The van der Waals surface area contributed by atoms with E-state index >= 15 is 0 Å². The zero-order chi connectivity index (χ0) is 20.9. The van der Waals surface area contributed by atoms with Gasteiger partial charge in [0.25, 0.3) is 0 Å². The number of amides is 1. The lowest BCUT2D eigenvalue weighted by molar-refractivity contribution is -0.119. The van der Waals surface area contributed by atoms with E-state index in [0.29, 0.717) is 29.0 Å². The van der Waals surface area contributed by atoms with Gasteiger partial charge >= 0.3 is 0 Å². The van der Waals surface area contributed by atoms with Crippen LogP contribution in [0.2, 0.25) is 0 Å². The van der Waals surface area contributed by atoms with E-state index in [1.54, 1.807) is 12.1 Å². The maximum absolute atomic E-state index is 13.4. The molecule has 0 saturated carbocycles. The van der Waals surface area contributed by atoms with Crippen LogP contribution in [0, 0.1) is 6.92 Å². The summed E-state index contributed by atoms with van der Waals surface area (Å²) in [5.74, 6) is -0.365. The molecule has 1 atom stereocenters. The van der Waals surface area contributed by atoms with Gasteiger partial charge < -0.3 is 5.32 Å². The molecule has 30 heavy (non-hydrogen) atoms. The van der Waals surface area contributed by atoms with E-state index in [1.807, 2.05) is 25.1 Å². The lowest BCUT2D eigenvalue weighted by Crippen LogP contribution is -2.43. The van der Waals surface area contributed by atoms with Crippen molar-refractivity contribution in [2.75, 3.05) is 11.9 Å². The summed E-state index contributed by atoms with van der Waals surface area (Å²) >= 11 is 2.35. The number of aromatic nitrogens is 3. The fourth-order valence-electron chi connectivity index (χ4n) is 3.68. The molecule has 1 N–H and O–H groups in total. The van der Waals surface area contributed by atoms with Gasteiger partial charge in [-0.3, -0.25) is 4.79 Å². The highest BCUT2D eigenvalue weighted by Gasteiger charge is 2.40. The number of hydrogen-bond acceptors (Lipinski definition) is 8. The fourth-order valence-corrected chi connectivity index (χ4v) is 7.06. The van der Waals surface area contributed by atoms with Crippen LogP contribution in [0.3, 0.4) is 0 Å². The van der Waals surface area contributed by atoms with Crippen molar-refractivity contribution in [3.05, 3.63) is 42.0 Å². The van der Waals surface area contributed by atoms with E-state index in [1.165, 1.54) is 21.7 Å². The average molecular weight is 460 g/mol. The summed E-state index contributed by atoms with van der Waals surface area (Å²) < 4.78 is 37.2. The molecule has 1 aliphatic rings. The number of carbonyl (C=O) groups excluding carboxylic acids is 1. The van der Waals surface area contributed by atoms with Crippen molar-refractivity contribution in [3.8, 4) is 0 Å². The average Bonchev–Trinajstić information content (AvgIpc) is 3.45. The number of fused-ring (bicyclic) bond motifs is 2. The van der Waals surface area contributed by atoms with Crippen molar-refractivity contribution in [1.82, 2.24) is 18.0 Å². The van der Waals surface area contributed by atoms with Gasteiger partial charge in [-0.2, -0.15) is 13.1 Å². The van der Waals surface area contributed by atoms with Gasteiger partial charge in [0.1, 0.15) is 22.0 Å². The SMILES string of the molecule is Cc1ccc2nc(NC(=O)C3CCCN3S(=O)(=O)c3cccc4nsnc34)sc2c1. The topological polar surface area (TPSA) is 105 Å². The third-order valence-electron chi connectivity index (χ3n) is 5.12. The van der Waals surface area contributed by atoms with Crippen LogP contribution in [0.4, 0.5) is 5.13 Å². The zero-order valence-corrected chi connectivity index (χ0v) is 18.4. The molecule has 1 fully saturated rings. The minimum absolute atomic E-state index is 0.0870. The van der Waals surface area contributed by atoms with Crippen LogP contribution in [-0.2, 0) is 14.8 Å². The molecule has 1 aliphatic heterocycles. The highest BCUT2D eigenvalue weighted by molar-refractivity contribution is 7.89. The number of benzene rings is 2. The van der Waals surface area contributed by atoms with E-state index in [2.05, 4.69) is 19.0 Å². The Morgan fingerprint density at radius 1 is 1.20 bits per heavy atom. The zero-order valence-electron chi connectivity index (χ0n) is 15.9. The van der Waals surface area contributed by atoms with Crippen LogP contribution >= 0.6 is 23.1 Å². The number of sulfonamides is 1. The molecular formula is C19H17N5O3S3. The van der Waals surface area contributed by atoms with Crippen molar-refractivity contribution < 1.29 is 13.2 Å². The molecule has 2 aromatic carbocycles. The smallest absolute Gasteiger partial charge is 0.246 e. The molecule has 5 rings (SSSR count). The molecular weight excluding hydrogens is 442 g/mol. The highest BCUT2D eigenvalue weighted by atomic mass is 32.2. The molecule has 0 bridgehead atoms. The summed E-state index contributed by atoms with van der Waals surface area (Å²) in [6, 6.07) is 9.98. The molecule has 0 radical (unpaired) electrons. The number of thiazole rings is 1. The second-order valence-corrected chi connectivity index (χ2v) is 10.6. The summed E-state index contributed by atoms with van der Waals surface area (Å²) in [7, 11) is -3.89. The van der Waals surface area contributed by atoms with Crippen molar-refractivity contribution in [3.63, 3.8) is 0 Å². The monoisotopic (exact) mass is 459 g/mol. The largest absolute Gasteiger partial charge is 0.301 e. The fraction of sp³-hybridized carbons (Fsp3) is 0.263. The lowest BCUT2D eigenvalue weighted by Gasteiger charge is -2.23. The normalized spacial score (nSPS) is 17.7. The standard InChI is InChI=1S/C19H17N5O3S3/c1-11-7-8-12-15(10-11)28-19(20-12)21-18(25)14-5-3-9-24(14)30(26,27)16-6-2-4-13-17(16)23-29-22-13/h2,4,6-8,10,14H,3,5,9H2,1H3,(H,20,21,25). The molecule has 0 aliphatic carbocycles. The Balaban J connectivity index is 1.43. The third kappa shape index (κ3) is 3.27. The third-order valence-corrected chi connectivity index (χ3v) is 8.53. The van der Waals surface area contributed by atoms with E-state index in [4.69, 9.17) is 0 Å². The summed E-state index contributed by atoms with van der Waals surface area (Å²) in [6.45, 7) is 2.28. The Morgan fingerprint density at radius 3 is 2.93 bits per heavy atom. The van der Waals surface area contributed by atoms with Crippen LogP contribution in [0.1, 0.15) is 18.4 Å². The molecule has 3 heterocycles. The summed E-state index contributed by atoms with van der Waals surface area (Å²) in [4.78, 5) is 17.5. The second-order valence-electron chi connectivity index (χ2n) is 7.14. The molecule has 2 aromatic heterocycles. The number of nitrogens with one attached hydrogen (secondary N) is 1. The first-order valence-electron chi connectivity index (χ1n) is 9.35. The Kier molecular flexibility index (Phi) is 4.77. The van der Waals surface area contributed by atoms with Crippen molar-refractivity contribution in [2.45, 2.75) is 30.7 Å². The van der Waals surface area contributed by atoms with E-state index < -0.39 is 16.1 Å². The molecule has 0 spiro atoms. The maximum atomic E-state index is 13.4. The van der Waals surface area contributed by atoms with Gasteiger partial charge in [-0.25, -0.2) is 13.4 Å². The molecule has 4 aromatic rings. The molecule has 154 valence electrons. The van der Waals surface area contributed by atoms with Gasteiger partial charge in [-0.1, -0.05) is 23.5 Å². The number of hydrogen-bond donors (Lipinski definition) is 1. The molecule has 1 unspecified atom stereocenters. The molecule has 8 nitrogen and oxygen atoms in total. The number of rotatable bonds is 4. The second kappa shape index (κ2) is 7.34. The van der Waals surface area contributed by atoms with Crippen LogP contribution < -0.4 is 5.32 Å². The van der Waals surface area contributed by atoms with Crippen LogP contribution in [0.5, 0.6) is 0 Å². The highest BCUT2D eigenvalue weighted by Crippen LogP contribution is 2.32. The van der Waals surface area contributed by atoms with Gasteiger partial charge in [0.15, 0.2) is 5.13 Å². The first-order valence-corrected chi connectivity index (χ1v) is 12.3. The van der Waals surface area contributed by atoms with Crippen molar-refractivity contribution >= 4 is 65.4 Å². The number of carbonyl (C=O) groups is 1. The van der Waals surface area contributed by atoms with Crippen molar-refractivity contribution in [2.24, 2.45) is 0 Å². The van der Waals surface area contributed by atoms with Gasteiger partial charge in [0.05, 0.1) is 21.9 Å². The van der Waals surface area contributed by atoms with Crippen molar-refractivity contribution in [1.29, 1.82) is 0 Å². The predicted molar refractivity (Wildman–Crippen MR) is 117 cm³/mol. The summed E-state index contributed by atoms with van der Waals surface area (Å²) in [5, 5.41) is 3.28.